The molecule has 0 aromatic carbocycles. The molecule has 1 aliphatic rings. The van der Waals surface area contributed by atoms with Crippen LogP contribution in [0.5, 0.6) is 0 Å². The molecule has 0 heterocycles. The first-order valence-corrected chi connectivity index (χ1v) is 4.32. The zero-order valence-corrected chi connectivity index (χ0v) is 7.33. The Kier molecular flexibility index (Phi) is 2.61. The number of rotatable bonds is 1. The first-order valence-electron chi connectivity index (χ1n) is 2.79. The minimum atomic E-state index is 0.885. The molecule has 0 fully saturated rings. The van der Waals surface area contributed by atoms with Crippen molar-refractivity contribution >= 4 is 33.0 Å². The Bertz CT molecular complexity index is 179. The minimum Gasteiger partial charge on any atom is -0.0876 e. The number of alkyl halides is 1. The molecule has 0 aromatic heterocycles. The fourth-order valence-corrected chi connectivity index (χ4v) is 1.65. The Hall–Kier alpha value is 0.0500. The van der Waals surface area contributed by atoms with E-state index in [0.29, 0.717) is 0 Å². The molecular weight excluding hydrogens is 196 g/mol. The second-order valence-electron chi connectivity index (χ2n) is 1.88. The van der Waals surface area contributed by atoms with Crippen molar-refractivity contribution < 1.29 is 0 Å². The quantitative estimate of drug-likeness (QED) is 0.466. The first-order chi connectivity index (χ1) is 4.34. The van der Waals surface area contributed by atoms with Crippen LogP contribution < -0.4 is 0 Å². The normalized spacial score (nSPS) is 17.9. The maximum atomic E-state index is 5.08. The van der Waals surface area contributed by atoms with Gasteiger partial charge in [0.2, 0.25) is 0 Å². The molecule has 1 rings (SSSR count). The van der Waals surface area contributed by atoms with Gasteiger partial charge < -0.3 is 0 Å². The van der Waals surface area contributed by atoms with Crippen LogP contribution >= 0.6 is 28.1 Å². The predicted molar refractivity (Wildman–Crippen MR) is 48.2 cm³/mol. The Morgan fingerprint density at radius 1 is 1.67 bits per heavy atom. The third kappa shape index (κ3) is 1.73. The van der Waals surface area contributed by atoms with Gasteiger partial charge in [0.05, 0.1) is 0 Å². The lowest BCUT2D eigenvalue weighted by atomic mass is 10.1. The largest absolute Gasteiger partial charge is 0.0876 e. The lowest BCUT2D eigenvalue weighted by Crippen LogP contribution is -2.01. The molecule has 0 radical (unpaired) electrons. The maximum absolute atomic E-state index is 5.08. The molecule has 0 spiro atoms. The smallest absolute Gasteiger partial charge is 0.0294 e. The van der Waals surface area contributed by atoms with Crippen molar-refractivity contribution in [2.45, 2.75) is 6.42 Å². The molecule has 9 heavy (non-hydrogen) atoms. The van der Waals surface area contributed by atoms with Gasteiger partial charge in [-0.1, -0.05) is 46.4 Å². The van der Waals surface area contributed by atoms with Crippen LogP contribution in [0, 0.1) is 0 Å². The van der Waals surface area contributed by atoms with E-state index in [1.54, 1.807) is 0 Å². The van der Waals surface area contributed by atoms with E-state index in [4.69, 9.17) is 12.2 Å². The second kappa shape index (κ2) is 3.28. The third-order valence-corrected chi connectivity index (χ3v) is 2.27. The molecule has 48 valence electrons. The fourth-order valence-electron chi connectivity index (χ4n) is 0.702. The zero-order chi connectivity index (χ0) is 6.69. The first kappa shape index (κ1) is 7.16. The van der Waals surface area contributed by atoms with E-state index in [1.165, 1.54) is 5.57 Å². The maximum Gasteiger partial charge on any atom is 0.0294 e. The van der Waals surface area contributed by atoms with Gasteiger partial charge in [-0.15, -0.1) is 0 Å². The van der Waals surface area contributed by atoms with Gasteiger partial charge in [-0.2, -0.15) is 0 Å². The highest BCUT2D eigenvalue weighted by Crippen LogP contribution is 2.11. The van der Waals surface area contributed by atoms with Gasteiger partial charge in [0.1, 0.15) is 0 Å². The van der Waals surface area contributed by atoms with Crippen LogP contribution in [0.4, 0.5) is 0 Å². The van der Waals surface area contributed by atoms with Gasteiger partial charge in [-0.25, -0.2) is 0 Å². The molecule has 0 N–H and O–H groups in total. The molecule has 0 saturated carbocycles. The molecule has 0 unspecified atom stereocenters. The van der Waals surface area contributed by atoms with Gasteiger partial charge in [0.25, 0.3) is 0 Å². The summed E-state index contributed by atoms with van der Waals surface area (Å²) in [5.41, 5.74) is 1.24. The van der Waals surface area contributed by atoms with Crippen molar-refractivity contribution in [1.29, 1.82) is 0 Å². The van der Waals surface area contributed by atoms with Gasteiger partial charge in [-0.05, 0) is 5.57 Å². The number of hydrogen-bond donors (Lipinski definition) is 0. The summed E-state index contributed by atoms with van der Waals surface area (Å²) < 4.78 is 0. The summed E-state index contributed by atoms with van der Waals surface area (Å²) in [5.74, 6) is 0. The van der Waals surface area contributed by atoms with Crippen molar-refractivity contribution in [1.82, 2.24) is 0 Å². The molecule has 2 heteroatoms. The highest BCUT2D eigenvalue weighted by atomic mass is 79.9. The molecule has 0 atom stereocenters. The third-order valence-electron chi connectivity index (χ3n) is 1.24. The van der Waals surface area contributed by atoms with E-state index in [2.05, 4.69) is 28.1 Å². The van der Waals surface area contributed by atoms with E-state index in [1.807, 2.05) is 6.08 Å². The number of hydrogen-bond acceptors (Lipinski definition) is 1. The standard InChI is InChI=1S/C7H7BrS/c8-5-6-3-1-2-4-7(6)9/h1-3H,4-5H2. The summed E-state index contributed by atoms with van der Waals surface area (Å²) in [5, 5.41) is 0.885. The van der Waals surface area contributed by atoms with Crippen molar-refractivity contribution in [3.05, 3.63) is 23.8 Å². The lowest BCUT2D eigenvalue weighted by Gasteiger charge is -2.05. The Balaban J connectivity index is 2.74. The lowest BCUT2D eigenvalue weighted by molar-refractivity contribution is 1.43. The SMILES string of the molecule is S=C1CC=CC=C1CBr. The monoisotopic (exact) mass is 202 g/mol. The summed E-state index contributed by atoms with van der Waals surface area (Å²) in [6, 6.07) is 0. The predicted octanol–water partition coefficient (Wildman–Crippen LogP) is 2.64. The number of allylic oxidation sites excluding steroid dienone is 4. The summed E-state index contributed by atoms with van der Waals surface area (Å²) in [7, 11) is 0. The molecule has 0 aromatic rings. The van der Waals surface area contributed by atoms with Gasteiger partial charge in [0.15, 0.2) is 0 Å². The van der Waals surface area contributed by atoms with Gasteiger partial charge in [0, 0.05) is 16.6 Å². The van der Waals surface area contributed by atoms with Crippen molar-refractivity contribution in [2.24, 2.45) is 0 Å². The number of thiocarbonyl (C=S) groups is 1. The van der Waals surface area contributed by atoms with E-state index >= 15 is 0 Å². The Labute approximate surface area is 68.8 Å². The number of halogens is 1. The van der Waals surface area contributed by atoms with Crippen LogP contribution in [0.25, 0.3) is 0 Å². The summed E-state index contributed by atoms with van der Waals surface area (Å²) >= 11 is 8.44. The van der Waals surface area contributed by atoms with E-state index < -0.39 is 0 Å². The van der Waals surface area contributed by atoms with Crippen LogP contribution in [0.15, 0.2) is 23.8 Å². The molecule has 1 aliphatic carbocycles. The van der Waals surface area contributed by atoms with Gasteiger partial charge in [-0.3, -0.25) is 0 Å². The molecule has 0 saturated heterocycles. The zero-order valence-electron chi connectivity index (χ0n) is 4.93. The van der Waals surface area contributed by atoms with Crippen LogP contribution in [0.2, 0.25) is 0 Å². The molecule has 0 nitrogen and oxygen atoms in total. The molecule has 0 aliphatic heterocycles. The topological polar surface area (TPSA) is 0 Å². The van der Waals surface area contributed by atoms with E-state index in [9.17, 15) is 0 Å². The van der Waals surface area contributed by atoms with Crippen LogP contribution in [0.1, 0.15) is 6.42 Å². The van der Waals surface area contributed by atoms with Crippen LogP contribution in [-0.4, -0.2) is 10.2 Å². The average Bonchev–Trinajstić information content (AvgIpc) is 1.89. The highest BCUT2D eigenvalue weighted by Gasteiger charge is 2.02. The molecule has 0 amide bonds. The van der Waals surface area contributed by atoms with Gasteiger partial charge >= 0.3 is 0 Å². The Morgan fingerprint density at radius 3 is 2.89 bits per heavy atom. The molecule has 0 bridgehead atoms. The summed E-state index contributed by atoms with van der Waals surface area (Å²) in [4.78, 5) is 1.06. The van der Waals surface area contributed by atoms with Crippen LogP contribution in [0.3, 0.4) is 0 Å². The van der Waals surface area contributed by atoms with Crippen LogP contribution in [-0.2, 0) is 0 Å². The van der Waals surface area contributed by atoms with Crippen molar-refractivity contribution in [3.8, 4) is 0 Å². The summed E-state index contributed by atoms with van der Waals surface area (Å²) in [6.07, 6.45) is 7.12. The van der Waals surface area contributed by atoms with E-state index in [-0.39, 0.29) is 0 Å². The fraction of sp³-hybridized carbons (Fsp3) is 0.286. The second-order valence-corrected chi connectivity index (χ2v) is 2.93. The molecular formula is C7H7BrS. The summed E-state index contributed by atoms with van der Waals surface area (Å²) in [6.45, 7) is 0. The van der Waals surface area contributed by atoms with Crippen molar-refractivity contribution in [3.63, 3.8) is 0 Å². The highest BCUT2D eigenvalue weighted by molar-refractivity contribution is 9.09. The average molecular weight is 203 g/mol. The minimum absolute atomic E-state index is 0.885. The Morgan fingerprint density at radius 2 is 2.44 bits per heavy atom. The van der Waals surface area contributed by atoms with E-state index in [0.717, 1.165) is 16.6 Å². The van der Waals surface area contributed by atoms with Crippen molar-refractivity contribution in [2.75, 3.05) is 5.33 Å².